The standard InChI is InChI=1S/C10H14N2O3/c1-7-4-5-12(9(7)10(14)15)6-8(13)11(2)3/h4-5H,6H2,1-3H3,(H,14,15). The number of aromatic carboxylic acids is 1. The number of rotatable bonds is 3. The van der Waals surface area contributed by atoms with Gasteiger partial charge in [-0.25, -0.2) is 4.79 Å². The molecule has 0 saturated heterocycles. The first-order chi connectivity index (χ1) is 6.93. The van der Waals surface area contributed by atoms with Gasteiger partial charge < -0.3 is 14.6 Å². The third-order valence-electron chi connectivity index (χ3n) is 2.17. The lowest BCUT2D eigenvalue weighted by atomic mass is 10.3. The van der Waals surface area contributed by atoms with E-state index >= 15 is 0 Å². The van der Waals surface area contributed by atoms with Gasteiger partial charge >= 0.3 is 5.97 Å². The number of carboxylic acid groups (broad SMARTS) is 1. The van der Waals surface area contributed by atoms with Crippen LogP contribution in [0.15, 0.2) is 12.3 Å². The number of nitrogens with zero attached hydrogens (tertiary/aromatic N) is 2. The molecule has 5 nitrogen and oxygen atoms in total. The number of carboxylic acids is 1. The summed E-state index contributed by atoms with van der Waals surface area (Å²) in [7, 11) is 3.28. The maximum atomic E-state index is 11.4. The molecule has 0 unspecified atom stereocenters. The van der Waals surface area contributed by atoms with Crippen molar-refractivity contribution in [1.29, 1.82) is 0 Å². The molecule has 1 N–H and O–H groups in total. The minimum absolute atomic E-state index is 0.0580. The molecule has 0 aromatic carbocycles. The van der Waals surface area contributed by atoms with Crippen LogP contribution >= 0.6 is 0 Å². The first kappa shape index (κ1) is 11.3. The maximum absolute atomic E-state index is 11.4. The number of amides is 1. The molecule has 0 aliphatic carbocycles. The summed E-state index contributed by atoms with van der Waals surface area (Å²) in [6.07, 6.45) is 1.61. The average molecular weight is 210 g/mol. The van der Waals surface area contributed by atoms with Gasteiger partial charge in [0.1, 0.15) is 12.2 Å². The number of carbonyl (C=O) groups excluding carboxylic acids is 1. The highest BCUT2D eigenvalue weighted by molar-refractivity contribution is 5.88. The van der Waals surface area contributed by atoms with Crippen molar-refractivity contribution in [3.05, 3.63) is 23.5 Å². The van der Waals surface area contributed by atoms with Crippen LogP contribution in [-0.4, -0.2) is 40.5 Å². The Bertz CT molecular complexity index is 393. The third kappa shape index (κ3) is 2.37. The van der Waals surface area contributed by atoms with Gasteiger partial charge in [-0.1, -0.05) is 0 Å². The molecular weight excluding hydrogens is 196 g/mol. The van der Waals surface area contributed by atoms with E-state index in [1.807, 2.05) is 0 Å². The second kappa shape index (κ2) is 4.16. The van der Waals surface area contributed by atoms with Gasteiger partial charge in [0.05, 0.1) is 0 Å². The number of aryl methyl sites for hydroxylation is 1. The van der Waals surface area contributed by atoms with Crippen molar-refractivity contribution in [1.82, 2.24) is 9.47 Å². The number of hydrogen-bond acceptors (Lipinski definition) is 2. The van der Waals surface area contributed by atoms with Gasteiger partial charge in [0.15, 0.2) is 0 Å². The summed E-state index contributed by atoms with van der Waals surface area (Å²) in [4.78, 5) is 23.7. The highest BCUT2D eigenvalue weighted by atomic mass is 16.4. The van der Waals surface area contributed by atoms with E-state index in [2.05, 4.69) is 0 Å². The monoisotopic (exact) mass is 210 g/mol. The molecular formula is C10H14N2O3. The van der Waals surface area contributed by atoms with Crippen LogP contribution in [-0.2, 0) is 11.3 Å². The normalized spacial score (nSPS) is 10.1. The minimum Gasteiger partial charge on any atom is -0.477 e. The summed E-state index contributed by atoms with van der Waals surface area (Å²) in [6, 6.07) is 1.69. The number of hydrogen-bond donors (Lipinski definition) is 1. The fourth-order valence-electron chi connectivity index (χ4n) is 1.29. The Morgan fingerprint density at radius 2 is 2.07 bits per heavy atom. The Hall–Kier alpha value is -1.78. The topological polar surface area (TPSA) is 62.5 Å². The van der Waals surface area contributed by atoms with Crippen LogP contribution in [0.25, 0.3) is 0 Å². The van der Waals surface area contributed by atoms with Gasteiger partial charge in [-0.3, -0.25) is 4.79 Å². The van der Waals surface area contributed by atoms with E-state index in [-0.39, 0.29) is 18.1 Å². The second-order valence-electron chi connectivity index (χ2n) is 3.57. The largest absolute Gasteiger partial charge is 0.477 e. The molecule has 0 spiro atoms. The lowest BCUT2D eigenvalue weighted by Gasteiger charge is -2.12. The van der Waals surface area contributed by atoms with E-state index < -0.39 is 5.97 Å². The zero-order valence-corrected chi connectivity index (χ0v) is 9.02. The Morgan fingerprint density at radius 1 is 1.47 bits per heavy atom. The SMILES string of the molecule is Cc1ccn(CC(=O)N(C)C)c1C(=O)O. The predicted octanol–water partition coefficient (Wildman–Crippen LogP) is 0.583. The summed E-state index contributed by atoms with van der Waals surface area (Å²) in [6.45, 7) is 1.77. The van der Waals surface area contributed by atoms with Crippen LogP contribution in [0, 0.1) is 6.92 Å². The molecule has 0 atom stereocenters. The molecule has 1 aromatic rings. The van der Waals surface area contributed by atoms with Crippen molar-refractivity contribution in [3.8, 4) is 0 Å². The van der Waals surface area contributed by atoms with Crippen LogP contribution in [0.4, 0.5) is 0 Å². The number of aromatic nitrogens is 1. The Morgan fingerprint density at radius 3 is 2.53 bits per heavy atom. The smallest absolute Gasteiger partial charge is 0.352 e. The summed E-state index contributed by atoms with van der Waals surface area (Å²) in [5.41, 5.74) is 0.833. The molecule has 0 aliphatic rings. The maximum Gasteiger partial charge on any atom is 0.352 e. The predicted molar refractivity (Wildman–Crippen MR) is 54.8 cm³/mol. The highest BCUT2D eigenvalue weighted by Gasteiger charge is 2.15. The fourth-order valence-corrected chi connectivity index (χ4v) is 1.29. The van der Waals surface area contributed by atoms with Crippen molar-refractivity contribution in [2.45, 2.75) is 13.5 Å². The molecule has 82 valence electrons. The van der Waals surface area contributed by atoms with Crippen molar-refractivity contribution in [2.24, 2.45) is 0 Å². The highest BCUT2D eigenvalue weighted by Crippen LogP contribution is 2.10. The summed E-state index contributed by atoms with van der Waals surface area (Å²) < 4.78 is 1.44. The van der Waals surface area contributed by atoms with E-state index in [0.717, 1.165) is 0 Å². The molecule has 0 radical (unpaired) electrons. The van der Waals surface area contributed by atoms with E-state index in [9.17, 15) is 9.59 Å². The van der Waals surface area contributed by atoms with Crippen molar-refractivity contribution >= 4 is 11.9 Å². The summed E-state index contributed by atoms with van der Waals surface area (Å²) >= 11 is 0. The Kier molecular flexibility index (Phi) is 3.14. The van der Waals surface area contributed by atoms with Crippen LogP contribution in [0.2, 0.25) is 0 Å². The summed E-state index contributed by atoms with van der Waals surface area (Å²) in [5, 5.41) is 8.94. The zero-order valence-electron chi connectivity index (χ0n) is 9.02. The van der Waals surface area contributed by atoms with Crippen molar-refractivity contribution in [2.75, 3.05) is 14.1 Å². The molecule has 15 heavy (non-hydrogen) atoms. The van der Waals surface area contributed by atoms with Crippen LogP contribution in [0.5, 0.6) is 0 Å². The number of carbonyl (C=O) groups is 2. The van der Waals surface area contributed by atoms with Gasteiger partial charge in [-0.05, 0) is 18.6 Å². The fraction of sp³-hybridized carbons (Fsp3) is 0.400. The molecule has 5 heteroatoms. The molecule has 1 amide bonds. The van der Waals surface area contributed by atoms with Crippen LogP contribution in [0.1, 0.15) is 16.1 Å². The lowest BCUT2D eigenvalue weighted by Crippen LogP contribution is -2.27. The third-order valence-corrected chi connectivity index (χ3v) is 2.17. The second-order valence-corrected chi connectivity index (χ2v) is 3.57. The van der Waals surface area contributed by atoms with Crippen LogP contribution in [0.3, 0.4) is 0 Å². The minimum atomic E-state index is -1.01. The van der Waals surface area contributed by atoms with E-state index in [0.29, 0.717) is 5.56 Å². The Balaban J connectivity index is 2.96. The van der Waals surface area contributed by atoms with E-state index in [4.69, 9.17) is 5.11 Å². The first-order valence-corrected chi connectivity index (χ1v) is 4.52. The van der Waals surface area contributed by atoms with E-state index in [1.165, 1.54) is 9.47 Å². The quantitative estimate of drug-likeness (QED) is 0.793. The molecule has 0 fully saturated rings. The van der Waals surface area contributed by atoms with Gasteiger partial charge in [-0.2, -0.15) is 0 Å². The van der Waals surface area contributed by atoms with Gasteiger partial charge in [0, 0.05) is 20.3 Å². The summed E-state index contributed by atoms with van der Waals surface area (Å²) in [5.74, 6) is -1.14. The molecule has 1 aromatic heterocycles. The number of likely N-dealkylation sites (N-methyl/N-ethyl adjacent to an activating group) is 1. The van der Waals surface area contributed by atoms with E-state index in [1.54, 1.807) is 33.3 Å². The molecule has 0 aliphatic heterocycles. The molecule has 0 saturated carbocycles. The molecule has 0 bridgehead atoms. The van der Waals surface area contributed by atoms with Crippen molar-refractivity contribution in [3.63, 3.8) is 0 Å². The van der Waals surface area contributed by atoms with Gasteiger partial charge in [0.2, 0.25) is 5.91 Å². The average Bonchev–Trinajstić information content (AvgIpc) is 2.46. The lowest BCUT2D eigenvalue weighted by molar-refractivity contribution is -0.129. The first-order valence-electron chi connectivity index (χ1n) is 4.52. The van der Waals surface area contributed by atoms with Gasteiger partial charge in [-0.15, -0.1) is 0 Å². The van der Waals surface area contributed by atoms with Crippen LogP contribution < -0.4 is 0 Å². The molecule has 1 heterocycles. The molecule has 1 rings (SSSR count). The Labute approximate surface area is 87.9 Å². The zero-order chi connectivity index (χ0) is 11.6. The van der Waals surface area contributed by atoms with Crippen molar-refractivity contribution < 1.29 is 14.7 Å². The van der Waals surface area contributed by atoms with Gasteiger partial charge in [0.25, 0.3) is 0 Å².